The Hall–Kier alpha value is -4.09. The van der Waals surface area contributed by atoms with E-state index in [0.29, 0.717) is 28.2 Å². The summed E-state index contributed by atoms with van der Waals surface area (Å²) in [6.45, 7) is 4.60. The minimum absolute atomic E-state index is 0.127. The lowest BCUT2D eigenvalue weighted by Crippen LogP contribution is -2.23. The van der Waals surface area contributed by atoms with Crippen LogP contribution in [0.2, 0.25) is 5.02 Å². The van der Waals surface area contributed by atoms with Crippen LogP contribution in [0.5, 0.6) is 0 Å². The van der Waals surface area contributed by atoms with Gasteiger partial charge in [0.15, 0.2) is 0 Å². The van der Waals surface area contributed by atoms with E-state index < -0.39 is 0 Å². The maximum atomic E-state index is 13.4. The number of halogens is 1. The number of tetrazole rings is 1. The summed E-state index contributed by atoms with van der Waals surface area (Å²) in [5.41, 5.74) is 4.67. The molecule has 0 saturated heterocycles. The summed E-state index contributed by atoms with van der Waals surface area (Å²) in [5, 5.41) is 13.9. The van der Waals surface area contributed by atoms with Crippen LogP contribution in [0.4, 0.5) is 0 Å². The first-order chi connectivity index (χ1) is 19.4. The number of esters is 1. The Labute approximate surface area is 238 Å². The topological polar surface area (TPSA) is 121 Å². The second kappa shape index (κ2) is 10.8. The lowest BCUT2D eigenvalue weighted by atomic mass is 10.0. The Balaban J connectivity index is 1.25. The zero-order chi connectivity index (χ0) is 27.8. The Morgan fingerprint density at radius 3 is 2.90 bits per heavy atom. The Morgan fingerprint density at radius 2 is 2.10 bits per heavy atom. The van der Waals surface area contributed by atoms with Gasteiger partial charge in [-0.1, -0.05) is 25.4 Å². The first-order valence-electron chi connectivity index (χ1n) is 13.0. The third-order valence-electron chi connectivity index (χ3n) is 6.95. The van der Waals surface area contributed by atoms with E-state index in [-0.39, 0.29) is 17.6 Å². The fourth-order valence-electron chi connectivity index (χ4n) is 4.92. The van der Waals surface area contributed by atoms with Crippen molar-refractivity contribution in [2.75, 3.05) is 6.61 Å². The van der Waals surface area contributed by atoms with Gasteiger partial charge >= 0.3 is 5.97 Å². The zero-order valence-corrected chi connectivity index (χ0v) is 23.4. The van der Waals surface area contributed by atoms with Gasteiger partial charge in [0.05, 0.1) is 30.2 Å². The van der Waals surface area contributed by atoms with E-state index in [2.05, 4.69) is 39.3 Å². The number of imidazole rings is 1. The van der Waals surface area contributed by atoms with Crippen molar-refractivity contribution < 1.29 is 9.53 Å². The third kappa shape index (κ3) is 5.09. The van der Waals surface area contributed by atoms with Gasteiger partial charge in [0.2, 0.25) is 0 Å². The lowest BCUT2D eigenvalue weighted by Gasteiger charge is -2.15. The summed E-state index contributed by atoms with van der Waals surface area (Å²) in [6, 6.07) is 10.6. The third-order valence-corrected chi connectivity index (χ3v) is 8.10. The number of benzene rings is 1. The minimum atomic E-state index is -0.313. The number of aromatic amines is 1. The molecule has 1 N–H and O–H groups in total. The Morgan fingerprint density at radius 1 is 1.23 bits per heavy atom. The number of pyridine rings is 1. The summed E-state index contributed by atoms with van der Waals surface area (Å²) in [6.07, 6.45) is 5.53. The molecule has 5 aromatic rings. The van der Waals surface area contributed by atoms with Crippen LogP contribution in [0, 0.1) is 5.92 Å². The molecule has 0 unspecified atom stereocenters. The number of carbonyl (C=O) groups excluding carboxylic acids is 1. The second-order valence-corrected chi connectivity index (χ2v) is 11.5. The standard InChI is InChI=1S/C28H26ClN7O3S/c1-16(2)7-8-39-28(38)25-10-18(14-40-25)22-13-30-27(32-22)24-6-4-20-9-17(11-26(37)36(20)24)21-12-19(29)3-5-23(21)35-15-31-33-34-35/h3,5,9-16,24H,4,6-8H2,1-2H3,(H,30,32)/t24-/m0/s1. The van der Waals surface area contributed by atoms with Crippen LogP contribution >= 0.6 is 22.9 Å². The van der Waals surface area contributed by atoms with E-state index in [1.165, 1.54) is 17.7 Å². The van der Waals surface area contributed by atoms with Crippen LogP contribution in [0.1, 0.15) is 53.9 Å². The first-order valence-corrected chi connectivity index (χ1v) is 14.2. The van der Waals surface area contributed by atoms with E-state index in [9.17, 15) is 9.59 Å². The van der Waals surface area contributed by atoms with Crippen LogP contribution in [0.15, 0.2) is 59.1 Å². The molecule has 5 heterocycles. The van der Waals surface area contributed by atoms with Crippen LogP contribution in [-0.4, -0.2) is 47.3 Å². The van der Waals surface area contributed by atoms with E-state index in [0.717, 1.165) is 53.0 Å². The molecule has 0 amide bonds. The molecule has 0 aliphatic carbocycles. The second-order valence-electron chi connectivity index (χ2n) is 10.1. The van der Waals surface area contributed by atoms with Gasteiger partial charge in [-0.2, -0.15) is 4.68 Å². The number of thiophene rings is 1. The van der Waals surface area contributed by atoms with Crippen molar-refractivity contribution in [3.8, 4) is 28.1 Å². The fourth-order valence-corrected chi connectivity index (χ4v) is 5.89. The number of rotatable bonds is 8. The number of fused-ring (bicyclic) bond motifs is 1. The van der Waals surface area contributed by atoms with Crippen LogP contribution < -0.4 is 5.56 Å². The van der Waals surface area contributed by atoms with Gasteiger partial charge in [0.1, 0.15) is 17.0 Å². The highest BCUT2D eigenvalue weighted by Crippen LogP contribution is 2.35. The van der Waals surface area contributed by atoms with Crippen molar-refractivity contribution in [2.45, 2.75) is 39.2 Å². The van der Waals surface area contributed by atoms with Gasteiger partial charge in [-0.25, -0.2) is 9.78 Å². The summed E-state index contributed by atoms with van der Waals surface area (Å²) in [5.74, 6) is 0.862. The molecule has 1 atom stereocenters. The molecule has 0 saturated carbocycles. The number of hydrogen-bond donors (Lipinski definition) is 1. The van der Waals surface area contributed by atoms with Gasteiger partial charge in [-0.05, 0) is 71.5 Å². The normalized spacial score (nSPS) is 14.6. The van der Waals surface area contributed by atoms with Crippen molar-refractivity contribution in [1.29, 1.82) is 0 Å². The van der Waals surface area contributed by atoms with Gasteiger partial charge in [0.25, 0.3) is 5.56 Å². The van der Waals surface area contributed by atoms with Gasteiger partial charge in [-0.3, -0.25) is 4.79 Å². The molecule has 4 aromatic heterocycles. The smallest absolute Gasteiger partial charge is 0.348 e. The molecule has 204 valence electrons. The number of nitrogens with one attached hydrogen (secondary N) is 1. The van der Waals surface area contributed by atoms with Gasteiger partial charge in [0, 0.05) is 33.3 Å². The van der Waals surface area contributed by atoms with Crippen molar-refractivity contribution in [3.63, 3.8) is 0 Å². The number of carbonyl (C=O) groups is 1. The molecule has 1 aliphatic heterocycles. The van der Waals surface area contributed by atoms with E-state index in [4.69, 9.17) is 16.3 Å². The predicted octanol–water partition coefficient (Wildman–Crippen LogP) is 5.33. The first kappa shape index (κ1) is 26.1. The Kier molecular flexibility index (Phi) is 7.07. The van der Waals surface area contributed by atoms with Crippen LogP contribution in [0.25, 0.3) is 28.1 Å². The molecular formula is C28H26ClN7O3S. The van der Waals surface area contributed by atoms with E-state index in [1.807, 2.05) is 29.6 Å². The molecule has 10 nitrogen and oxygen atoms in total. The average Bonchev–Trinajstić information content (AvgIpc) is 3.74. The summed E-state index contributed by atoms with van der Waals surface area (Å²) >= 11 is 7.66. The fraction of sp³-hybridized carbons (Fsp3) is 0.286. The summed E-state index contributed by atoms with van der Waals surface area (Å²) < 4.78 is 8.73. The minimum Gasteiger partial charge on any atom is -0.461 e. The quantitative estimate of drug-likeness (QED) is 0.248. The number of nitrogens with zero attached hydrogens (tertiary/aromatic N) is 6. The predicted molar refractivity (Wildman–Crippen MR) is 152 cm³/mol. The van der Waals surface area contributed by atoms with Crippen LogP contribution in [0.3, 0.4) is 0 Å². The molecule has 1 aliphatic rings. The van der Waals surface area contributed by atoms with Gasteiger partial charge < -0.3 is 14.3 Å². The average molecular weight is 576 g/mol. The highest BCUT2D eigenvalue weighted by atomic mass is 35.5. The number of ether oxygens (including phenoxy) is 1. The molecule has 0 bridgehead atoms. The number of H-pyrrole nitrogens is 1. The van der Waals surface area contributed by atoms with E-state index >= 15 is 0 Å². The van der Waals surface area contributed by atoms with Crippen molar-refractivity contribution in [2.24, 2.45) is 5.92 Å². The maximum absolute atomic E-state index is 13.4. The van der Waals surface area contributed by atoms with Gasteiger partial charge in [-0.15, -0.1) is 16.4 Å². The zero-order valence-electron chi connectivity index (χ0n) is 21.9. The van der Waals surface area contributed by atoms with Crippen LogP contribution in [-0.2, 0) is 11.2 Å². The monoisotopic (exact) mass is 575 g/mol. The maximum Gasteiger partial charge on any atom is 0.348 e. The lowest BCUT2D eigenvalue weighted by molar-refractivity contribution is 0.0494. The Bertz CT molecular complexity index is 1740. The summed E-state index contributed by atoms with van der Waals surface area (Å²) in [7, 11) is 0. The van der Waals surface area contributed by atoms with Crippen molar-refractivity contribution in [1.82, 2.24) is 34.7 Å². The molecule has 0 fully saturated rings. The van der Waals surface area contributed by atoms with Crippen molar-refractivity contribution in [3.05, 3.63) is 86.1 Å². The summed E-state index contributed by atoms with van der Waals surface area (Å²) in [4.78, 5) is 34.4. The highest BCUT2D eigenvalue weighted by molar-refractivity contribution is 7.12. The molecule has 6 rings (SSSR count). The molecular weight excluding hydrogens is 550 g/mol. The largest absolute Gasteiger partial charge is 0.461 e. The molecule has 12 heteroatoms. The van der Waals surface area contributed by atoms with Crippen molar-refractivity contribution >= 4 is 28.9 Å². The highest BCUT2D eigenvalue weighted by Gasteiger charge is 2.28. The molecule has 0 spiro atoms. The number of aromatic nitrogens is 7. The number of aryl methyl sites for hydroxylation is 1. The molecule has 0 radical (unpaired) electrons. The number of hydrogen-bond acceptors (Lipinski definition) is 8. The SMILES string of the molecule is CC(C)CCOC(=O)c1cc(-c2cnc([C@@H]3CCc4cc(-c5cc(Cl)ccc5-n5cnnn5)cc(=O)n43)[nH]2)cs1. The molecule has 1 aromatic carbocycles. The van der Waals surface area contributed by atoms with E-state index in [1.54, 1.807) is 27.6 Å². The molecule has 40 heavy (non-hydrogen) atoms.